The van der Waals surface area contributed by atoms with E-state index >= 15 is 0 Å². The first-order valence-electron chi connectivity index (χ1n) is 7.86. The molecule has 0 aliphatic rings. The smallest absolute Gasteiger partial charge is 0.259 e. The molecular formula is C20H15ClN4O. The van der Waals surface area contributed by atoms with E-state index in [2.05, 4.69) is 5.10 Å². The number of rotatable bonds is 5. The van der Waals surface area contributed by atoms with Gasteiger partial charge in [-0.15, -0.1) is 0 Å². The summed E-state index contributed by atoms with van der Waals surface area (Å²) in [6.45, 7) is 0.563. The number of hydrogen-bond donors (Lipinski definition) is 1. The van der Waals surface area contributed by atoms with Crippen LogP contribution in [0.3, 0.4) is 0 Å². The van der Waals surface area contributed by atoms with Gasteiger partial charge in [0.15, 0.2) is 0 Å². The zero-order chi connectivity index (χ0) is 18.5. The summed E-state index contributed by atoms with van der Waals surface area (Å²) in [4.78, 5) is 11.4. The Morgan fingerprint density at radius 2 is 1.88 bits per heavy atom. The maximum atomic E-state index is 11.4. The number of nitriles is 1. The Bertz CT molecular complexity index is 999. The Morgan fingerprint density at radius 1 is 1.19 bits per heavy atom. The van der Waals surface area contributed by atoms with E-state index in [1.807, 2.05) is 48.5 Å². The predicted molar refractivity (Wildman–Crippen MR) is 101 cm³/mol. The molecule has 1 heterocycles. The van der Waals surface area contributed by atoms with Gasteiger partial charge in [0.2, 0.25) is 0 Å². The van der Waals surface area contributed by atoms with Crippen molar-refractivity contribution >= 4 is 23.6 Å². The third-order valence-electron chi connectivity index (χ3n) is 3.78. The van der Waals surface area contributed by atoms with Gasteiger partial charge < -0.3 is 5.73 Å². The monoisotopic (exact) mass is 362 g/mol. The van der Waals surface area contributed by atoms with E-state index < -0.39 is 5.91 Å². The van der Waals surface area contributed by atoms with Gasteiger partial charge in [-0.05, 0) is 23.8 Å². The highest BCUT2D eigenvalue weighted by molar-refractivity contribution is 6.30. The van der Waals surface area contributed by atoms with Gasteiger partial charge in [-0.2, -0.15) is 10.4 Å². The summed E-state index contributed by atoms with van der Waals surface area (Å²) in [6.07, 6.45) is 3.25. The van der Waals surface area contributed by atoms with Crippen LogP contribution in [0.4, 0.5) is 0 Å². The van der Waals surface area contributed by atoms with Crippen molar-refractivity contribution in [2.45, 2.75) is 6.54 Å². The molecule has 2 aromatic carbocycles. The molecule has 0 aliphatic heterocycles. The Kier molecular flexibility index (Phi) is 5.16. The molecule has 0 saturated carbocycles. The van der Waals surface area contributed by atoms with Gasteiger partial charge in [0.25, 0.3) is 5.91 Å². The predicted octanol–water partition coefficient (Wildman–Crippen LogP) is 3.64. The topological polar surface area (TPSA) is 84.7 Å². The number of nitrogens with two attached hydrogens (primary N) is 1. The first-order chi connectivity index (χ1) is 12.6. The van der Waals surface area contributed by atoms with Gasteiger partial charge in [0.1, 0.15) is 11.6 Å². The fourth-order valence-electron chi connectivity index (χ4n) is 2.54. The van der Waals surface area contributed by atoms with Gasteiger partial charge in [-0.25, -0.2) is 0 Å². The number of carbonyl (C=O) groups is 1. The van der Waals surface area contributed by atoms with Crippen LogP contribution in [0, 0.1) is 11.3 Å². The maximum absolute atomic E-state index is 11.4. The molecule has 3 rings (SSSR count). The number of nitrogens with zero attached hydrogens (tertiary/aromatic N) is 3. The standard InChI is InChI=1S/C20H15ClN4O/c21-18-8-6-15(7-9-18)19-17(10-16(11-22)20(23)26)13-25(24-19)12-14-4-2-1-3-5-14/h1-10,13H,12H2,(H2,23,26)/b16-10+. The molecule has 1 amide bonds. The number of aromatic nitrogens is 2. The van der Waals surface area contributed by atoms with Crippen molar-refractivity contribution in [3.05, 3.63) is 82.5 Å². The van der Waals surface area contributed by atoms with E-state index in [1.54, 1.807) is 23.0 Å². The molecule has 0 spiro atoms. The minimum atomic E-state index is -0.773. The fraction of sp³-hybridized carbons (Fsp3) is 0.0500. The summed E-state index contributed by atoms with van der Waals surface area (Å²) in [5.74, 6) is -0.773. The van der Waals surface area contributed by atoms with E-state index in [0.717, 1.165) is 11.1 Å². The molecule has 0 bridgehead atoms. The van der Waals surface area contributed by atoms with Crippen LogP contribution < -0.4 is 5.73 Å². The molecule has 3 aromatic rings. The first-order valence-corrected chi connectivity index (χ1v) is 8.23. The number of hydrogen-bond acceptors (Lipinski definition) is 3. The molecule has 1 aromatic heterocycles. The second-order valence-electron chi connectivity index (χ2n) is 5.66. The van der Waals surface area contributed by atoms with Crippen LogP contribution in [0.25, 0.3) is 17.3 Å². The Hall–Kier alpha value is -3.36. The summed E-state index contributed by atoms with van der Waals surface area (Å²) >= 11 is 5.96. The average molecular weight is 363 g/mol. The van der Waals surface area contributed by atoms with Crippen LogP contribution >= 0.6 is 11.6 Å². The minimum Gasteiger partial charge on any atom is -0.365 e. The summed E-state index contributed by atoms with van der Waals surface area (Å²) in [6, 6.07) is 18.9. The van der Waals surface area contributed by atoms with Gasteiger partial charge >= 0.3 is 0 Å². The Morgan fingerprint density at radius 3 is 2.50 bits per heavy atom. The molecule has 5 nitrogen and oxygen atoms in total. The minimum absolute atomic E-state index is 0.125. The van der Waals surface area contributed by atoms with Gasteiger partial charge in [-0.1, -0.05) is 54.1 Å². The Balaban J connectivity index is 2.07. The summed E-state index contributed by atoms with van der Waals surface area (Å²) in [5.41, 5.74) is 8.33. The maximum Gasteiger partial charge on any atom is 0.259 e. The molecule has 2 N–H and O–H groups in total. The molecule has 0 aliphatic carbocycles. The summed E-state index contributed by atoms with van der Waals surface area (Å²) in [7, 11) is 0. The first kappa shape index (κ1) is 17.5. The zero-order valence-electron chi connectivity index (χ0n) is 13.8. The highest BCUT2D eigenvalue weighted by atomic mass is 35.5. The number of halogens is 1. The molecule has 0 unspecified atom stereocenters. The Labute approximate surface area is 155 Å². The van der Waals surface area contributed by atoms with Crippen molar-refractivity contribution in [2.24, 2.45) is 5.73 Å². The van der Waals surface area contributed by atoms with Crippen LogP contribution in [-0.4, -0.2) is 15.7 Å². The van der Waals surface area contributed by atoms with Crippen molar-refractivity contribution in [3.8, 4) is 17.3 Å². The lowest BCUT2D eigenvalue weighted by Crippen LogP contribution is -2.12. The molecule has 0 radical (unpaired) electrons. The second kappa shape index (κ2) is 7.68. The van der Waals surface area contributed by atoms with Gasteiger partial charge in [0, 0.05) is 22.3 Å². The number of amides is 1. The van der Waals surface area contributed by atoms with Crippen LogP contribution in [0.5, 0.6) is 0 Å². The van der Waals surface area contributed by atoms with Crippen LogP contribution in [0.2, 0.25) is 5.02 Å². The molecule has 0 saturated heterocycles. The molecule has 0 fully saturated rings. The quantitative estimate of drug-likeness (QED) is 0.555. The summed E-state index contributed by atoms with van der Waals surface area (Å²) < 4.78 is 1.76. The molecular weight excluding hydrogens is 348 g/mol. The van der Waals surface area contributed by atoms with Crippen molar-refractivity contribution in [1.82, 2.24) is 9.78 Å². The lowest BCUT2D eigenvalue weighted by molar-refractivity contribution is -0.114. The average Bonchev–Trinajstić information content (AvgIpc) is 3.03. The highest BCUT2D eigenvalue weighted by Gasteiger charge is 2.13. The van der Waals surface area contributed by atoms with Crippen molar-refractivity contribution in [3.63, 3.8) is 0 Å². The molecule has 0 atom stereocenters. The molecule has 26 heavy (non-hydrogen) atoms. The second-order valence-corrected chi connectivity index (χ2v) is 6.09. The van der Waals surface area contributed by atoms with Crippen LogP contribution in [-0.2, 0) is 11.3 Å². The SMILES string of the molecule is N#C/C(=C\c1cn(Cc2ccccc2)nc1-c1ccc(Cl)cc1)C(N)=O. The molecule has 6 heteroatoms. The fourth-order valence-corrected chi connectivity index (χ4v) is 2.67. The molecule has 128 valence electrons. The van der Waals surface area contributed by atoms with Gasteiger partial charge in [-0.3, -0.25) is 9.48 Å². The van der Waals surface area contributed by atoms with Crippen molar-refractivity contribution < 1.29 is 4.79 Å². The lowest BCUT2D eigenvalue weighted by Gasteiger charge is -2.01. The third kappa shape index (κ3) is 4.00. The lowest BCUT2D eigenvalue weighted by atomic mass is 10.1. The van der Waals surface area contributed by atoms with E-state index in [4.69, 9.17) is 22.6 Å². The summed E-state index contributed by atoms with van der Waals surface area (Å²) in [5, 5.41) is 14.4. The van der Waals surface area contributed by atoms with E-state index in [-0.39, 0.29) is 5.57 Å². The van der Waals surface area contributed by atoms with E-state index in [9.17, 15) is 4.79 Å². The van der Waals surface area contributed by atoms with E-state index in [0.29, 0.717) is 22.8 Å². The van der Waals surface area contributed by atoms with Crippen LogP contribution in [0.15, 0.2) is 66.4 Å². The zero-order valence-corrected chi connectivity index (χ0v) is 14.5. The van der Waals surface area contributed by atoms with Crippen molar-refractivity contribution in [2.75, 3.05) is 0 Å². The highest BCUT2D eigenvalue weighted by Crippen LogP contribution is 2.26. The largest absolute Gasteiger partial charge is 0.365 e. The number of carbonyl (C=O) groups excluding carboxylic acids is 1. The van der Waals surface area contributed by atoms with Gasteiger partial charge in [0.05, 0.1) is 12.2 Å². The van der Waals surface area contributed by atoms with Crippen molar-refractivity contribution in [1.29, 1.82) is 5.26 Å². The van der Waals surface area contributed by atoms with Crippen LogP contribution in [0.1, 0.15) is 11.1 Å². The third-order valence-corrected chi connectivity index (χ3v) is 4.03. The van der Waals surface area contributed by atoms with E-state index in [1.165, 1.54) is 6.08 Å². The number of benzene rings is 2. The normalized spacial score (nSPS) is 11.2. The number of primary amides is 1.